The Morgan fingerprint density at radius 2 is 2.07 bits per heavy atom. The molecule has 0 spiro atoms. The fraction of sp³-hybridized carbons (Fsp3) is 0.150. The van der Waals surface area contributed by atoms with Crippen LogP contribution >= 0.6 is 11.8 Å². The highest BCUT2D eigenvalue weighted by molar-refractivity contribution is 7.99. The van der Waals surface area contributed by atoms with Crippen LogP contribution in [0.3, 0.4) is 0 Å². The summed E-state index contributed by atoms with van der Waals surface area (Å²) in [7, 11) is 0. The number of para-hydroxylation sites is 1. The highest BCUT2D eigenvalue weighted by Gasteiger charge is 2.17. The molecule has 1 amide bonds. The summed E-state index contributed by atoms with van der Waals surface area (Å²) < 4.78 is 3.31. The van der Waals surface area contributed by atoms with Crippen LogP contribution < -0.4 is 10.9 Å². The smallest absolute Gasteiger partial charge is 0.263 e. The Morgan fingerprint density at radius 3 is 2.86 bits per heavy atom. The fourth-order valence-electron chi connectivity index (χ4n) is 3.04. The van der Waals surface area contributed by atoms with Gasteiger partial charge in [-0.05, 0) is 30.7 Å². The van der Waals surface area contributed by atoms with Crippen molar-refractivity contribution >= 4 is 40.2 Å². The third-order valence-corrected chi connectivity index (χ3v) is 5.32. The number of carbonyl (C=O) groups is 1. The number of thioether (sulfide) groups is 1. The van der Waals surface area contributed by atoms with Crippen molar-refractivity contribution in [2.24, 2.45) is 0 Å². The molecule has 3 aromatic heterocycles. The van der Waals surface area contributed by atoms with Crippen LogP contribution in [0.2, 0.25) is 0 Å². The summed E-state index contributed by atoms with van der Waals surface area (Å²) in [6.07, 6.45) is 3.27. The lowest BCUT2D eigenvalue weighted by Crippen LogP contribution is -2.22. The van der Waals surface area contributed by atoms with E-state index in [0.29, 0.717) is 34.2 Å². The highest BCUT2D eigenvalue weighted by Crippen LogP contribution is 2.22. The minimum atomic E-state index is -0.197. The molecule has 29 heavy (non-hydrogen) atoms. The molecular weight excluding hydrogens is 388 g/mol. The van der Waals surface area contributed by atoms with E-state index in [-0.39, 0.29) is 17.2 Å². The van der Waals surface area contributed by atoms with E-state index in [1.54, 1.807) is 22.7 Å². The Labute approximate surface area is 170 Å². The quantitative estimate of drug-likeness (QED) is 0.391. The van der Waals surface area contributed by atoms with E-state index in [2.05, 4.69) is 27.1 Å². The number of amides is 1. The molecule has 1 aromatic carbocycles. The summed E-state index contributed by atoms with van der Waals surface area (Å²) in [4.78, 5) is 29.4. The monoisotopic (exact) mass is 406 g/mol. The number of hydrogen-bond acceptors (Lipinski definition) is 6. The molecular formula is C20H18N6O2S. The average Bonchev–Trinajstić information content (AvgIpc) is 3.15. The Hall–Kier alpha value is -3.46. The SMILES string of the molecule is C=CCn1c(=O)c2ccccc2n2c(SCC(=O)Nc3ncccc3C)nnc12. The minimum absolute atomic E-state index is 0.131. The number of nitrogens with zero attached hydrogens (tertiary/aromatic N) is 5. The topological polar surface area (TPSA) is 94.2 Å². The van der Waals surface area contributed by atoms with Crippen LogP contribution in [0.4, 0.5) is 5.82 Å². The summed E-state index contributed by atoms with van der Waals surface area (Å²) in [6.45, 7) is 5.91. The van der Waals surface area contributed by atoms with Crippen LogP contribution in [0.15, 0.2) is 65.2 Å². The zero-order valence-electron chi connectivity index (χ0n) is 15.7. The van der Waals surface area contributed by atoms with Gasteiger partial charge in [0.2, 0.25) is 11.7 Å². The third-order valence-electron chi connectivity index (χ3n) is 4.39. The number of aromatic nitrogens is 5. The molecule has 3 heterocycles. The largest absolute Gasteiger partial charge is 0.310 e. The standard InChI is InChI=1S/C20H18N6O2S/c1-3-11-25-18(28)14-8-4-5-9-15(14)26-19(25)23-24-20(26)29-12-16(27)22-17-13(2)7-6-10-21-17/h3-10H,1,11-12H2,2H3,(H,21,22,27). The van der Waals surface area contributed by atoms with E-state index >= 15 is 0 Å². The number of benzene rings is 1. The van der Waals surface area contributed by atoms with E-state index in [9.17, 15) is 9.59 Å². The first-order chi connectivity index (χ1) is 14.1. The van der Waals surface area contributed by atoms with Gasteiger partial charge in [-0.1, -0.05) is 36.0 Å². The third kappa shape index (κ3) is 3.52. The lowest BCUT2D eigenvalue weighted by Gasteiger charge is -2.10. The van der Waals surface area contributed by atoms with E-state index in [1.807, 2.05) is 37.3 Å². The van der Waals surface area contributed by atoms with E-state index in [0.717, 1.165) is 5.56 Å². The normalized spacial score (nSPS) is 11.1. The number of nitrogens with one attached hydrogen (secondary N) is 1. The highest BCUT2D eigenvalue weighted by atomic mass is 32.2. The van der Waals surface area contributed by atoms with Gasteiger partial charge >= 0.3 is 0 Å². The first kappa shape index (κ1) is 18.9. The van der Waals surface area contributed by atoms with Crippen LogP contribution in [0, 0.1) is 6.92 Å². The summed E-state index contributed by atoms with van der Waals surface area (Å²) in [5.41, 5.74) is 1.43. The summed E-state index contributed by atoms with van der Waals surface area (Å²) in [5, 5.41) is 12.3. The van der Waals surface area contributed by atoms with Gasteiger partial charge in [0.1, 0.15) is 5.82 Å². The number of fused-ring (bicyclic) bond motifs is 3. The van der Waals surface area contributed by atoms with Gasteiger partial charge in [-0.2, -0.15) is 0 Å². The zero-order chi connectivity index (χ0) is 20.4. The molecule has 0 bridgehead atoms. The predicted molar refractivity (Wildman–Crippen MR) is 113 cm³/mol. The molecule has 4 rings (SSSR count). The lowest BCUT2D eigenvalue weighted by atomic mass is 10.2. The second kappa shape index (κ2) is 7.88. The van der Waals surface area contributed by atoms with Gasteiger partial charge < -0.3 is 5.32 Å². The molecule has 0 aliphatic heterocycles. The molecule has 0 saturated heterocycles. The fourth-order valence-corrected chi connectivity index (χ4v) is 3.78. The van der Waals surface area contributed by atoms with Crippen molar-refractivity contribution in [1.29, 1.82) is 0 Å². The van der Waals surface area contributed by atoms with E-state index in [4.69, 9.17) is 0 Å². The molecule has 8 nitrogen and oxygen atoms in total. The Morgan fingerprint density at radius 1 is 1.24 bits per heavy atom. The van der Waals surface area contributed by atoms with Gasteiger partial charge in [0.25, 0.3) is 5.56 Å². The summed E-state index contributed by atoms with van der Waals surface area (Å²) in [5.74, 6) is 0.884. The Bertz CT molecular complexity index is 1290. The number of aryl methyl sites for hydroxylation is 1. The van der Waals surface area contributed by atoms with Gasteiger partial charge in [-0.3, -0.25) is 18.6 Å². The van der Waals surface area contributed by atoms with Crippen LogP contribution in [0.1, 0.15) is 5.56 Å². The van der Waals surface area contributed by atoms with Crippen LogP contribution in [-0.2, 0) is 11.3 Å². The first-order valence-electron chi connectivity index (χ1n) is 8.92. The summed E-state index contributed by atoms with van der Waals surface area (Å²) in [6, 6.07) is 11.0. The van der Waals surface area contributed by atoms with Crippen molar-refractivity contribution in [2.45, 2.75) is 18.6 Å². The predicted octanol–water partition coefficient (Wildman–Crippen LogP) is 2.66. The number of hydrogen-bond donors (Lipinski definition) is 1. The average molecular weight is 406 g/mol. The van der Waals surface area contributed by atoms with E-state index in [1.165, 1.54) is 16.3 Å². The van der Waals surface area contributed by atoms with Gasteiger partial charge in [-0.15, -0.1) is 16.8 Å². The van der Waals surface area contributed by atoms with Crippen LogP contribution in [0.25, 0.3) is 16.7 Å². The van der Waals surface area contributed by atoms with Crippen molar-refractivity contribution in [2.75, 3.05) is 11.1 Å². The number of rotatable bonds is 6. The maximum atomic E-state index is 12.8. The molecule has 0 radical (unpaired) electrons. The molecule has 1 N–H and O–H groups in total. The van der Waals surface area contributed by atoms with Crippen LogP contribution in [-0.4, -0.2) is 35.8 Å². The molecule has 146 valence electrons. The molecule has 0 aliphatic rings. The molecule has 0 atom stereocenters. The molecule has 0 saturated carbocycles. The second-order valence-corrected chi connectivity index (χ2v) is 7.29. The van der Waals surface area contributed by atoms with Crippen LogP contribution in [0.5, 0.6) is 0 Å². The van der Waals surface area contributed by atoms with Crippen molar-refractivity contribution in [1.82, 2.24) is 24.1 Å². The molecule has 4 aromatic rings. The minimum Gasteiger partial charge on any atom is -0.310 e. The Balaban J connectivity index is 1.68. The van der Waals surface area contributed by atoms with E-state index < -0.39 is 0 Å². The first-order valence-corrected chi connectivity index (χ1v) is 9.90. The molecule has 9 heteroatoms. The second-order valence-electron chi connectivity index (χ2n) is 6.35. The van der Waals surface area contributed by atoms with Crippen molar-refractivity contribution in [3.05, 3.63) is 71.2 Å². The maximum absolute atomic E-state index is 12.8. The van der Waals surface area contributed by atoms with Gasteiger partial charge in [0.15, 0.2) is 5.16 Å². The Kier molecular flexibility index (Phi) is 5.13. The zero-order valence-corrected chi connectivity index (χ0v) is 16.5. The van der Waals surface area contributed by atoms with Gasteiger partial charge in [-0.25, -0.2) is 4.98 Å². The molecule has 0 unspecified atom stereocenters. The van der Waals surface area contributed by atoms with Crippen molar-refractivity contribution in [3.63, 3.8) is 0 Å². The van der Waals surface area contributed by atoms with Crippen molar-refractivity contribution in [3.8, 4) is 0 Å². The van der Waals surface area contributed by atoms with Gasteiger partial charge in [0, 0.05) is 12.7 Å². The summed E-state index contributed by atoms with van der Waals surface area (Å²) >= 11 is 1.25. The number of pyridine rings is 1. The number of allylic oxidation sites excluding steroid dienone is 1. The van der Waals surface area contributed by atoms with Gasteiger partial charge in [0.05, 0.1) is 16.7 Å². The lowest BCUT2D eigenvalue weighted by molar-refractivity contribution is -0.113. The molecule has 0 fully saturated rings. The molecule has 0 aliphatic carbocycles. The number of carbonyl (C=O) groups excluding carboxylic acids is 1. The number of anilines is 1. The van der Waals surface area contributed by atoms with Crippen molar-refractivity contribution < 1.29 is 4.79 Å². The maximum Gasteiger partial charge on any atom is 0.263 e.